The Labute approximate surface area is 160 Å². The number of carbonyl (C=O) groups is 1. The van der Waals surface area contributed by atoms with Crippen molar-refractivity contribution in [3.8, 4) is 0 Å². The molecule has 2 aromatic rings. The predicted molar refractivity (Wildman–Crippen MR) is 107 cm³/mol. The molecule has 0 bridgehead atoms. The van der Waals surface area contributed by atoms with Crippen LogP contribution in [0.5, 0.6) is 0 Å². The molecule has 6 heteroatoms. The number of hydrogen-bond donors (Lipinski definition) is 0. The Morgan fingerprint density at radius 3 is 2.54 bits per heavy atom. The first-order valence-electron chi connectivity index (χ1n) is 9.49. The van der Waals surface area contributed by atoms with Gasteiger partial charge in [0.05, 0.1) is 5.75 Å². The van der Waals surface area contributed by atoms with E-state index in [4.69, 9.17) is 0 Å². The molecule has 1 amide bonds. The number of hydrogen-bond acceptors (Lipinski definition) is 4. The van der Waals surface area contributed by atoms with Crippen LogP contribution >= 0.6 is 11.8 Å². The van der Waals surface area contributed by atoms with Gasteiger partial charge in [-0.25, -0.2) is 0 Å². The van der Waals surface area contributed by atoms with Gasteiger partial charge in [0.15, 0.2) is 5.16 Å². The van der Waals surface area contributed by atoms with Gasteiger partial charge in [-0.15, -0.1) is 10.2 Å². The number of anilines is 1. The molecule has 1 heterocycles. The van der Waals surface area contributed by atoms with Crippen molar-refractivity contribution in [2.24, 2.45) is 0 Å². The maximum atomic E-state index is 12.9. The number of nitrogens with zero attached hydrogens (tertiary/aromatic N) is 4. The first-order chi connectivity index (χ1) is 12.6. The molecule has 0 atom stereocenters. The summed E-state index contributed by atoms with van der Waals surface area (Å²) in [6.45, 7) is 6.10. The highest BCUT2D eigenvalue weighted by atomic mass is 32.2. The van der Waals surface area contributed by atoms with Crippen molar-refractivity contribution in [3.05, 3.63) is 36.2 Å². The smallest absolute Gasteiger partial charge is 0.237 e. The van der Waals surface area contributed by atoms with Gasteiger partial charge in [-0.2, -0.15) is 0 Å². The van der Waals surface area contributed by atoms with Crippen LogP contribution in [0.4, 0.5) is 5.69 Å². The Hall–Kier alpha value is -1.82. The van der Waals surface area contributed by atoms with Crippen LogP contribution < -0.4 is 4.90 Å². The maximum Gasteiger partial charge on any atom is 0.237 e. The maximum absolute atomic E-state index is 12.9. The van der Waals surface area contributed by atoms with Gasteiger partial charge in [0, 0.05) is 17.8 Å². The molecule has 3 rings (SSSR count). The molecular weight excluding hydrogens is 344 g/mol. The molecule has 1 fully saturated rings. The van der Waals surface area contributed by atoms with Crippen molar-refractivity contribution >= 4 is 23.4 Å². The lowest BCUT2D eigenvalue weighted by atomic mass is 9.95. The molecule has 26 heavy (non-hydrogen) atoms. The molecule has 0 saturated heterocycles. The fraction of sp³-hybridized carbons (Fsp3) is 0.550. The molecule has 0 unspecified atom stereocenters. The summed E-state index contributed by atoms with van der Waals surface area (Å²) >= 11 is 1.51. The van der Waals surface area contributed by atoms with Crippen LogP contribution in [0.2, 0.25) is 0 Å². The van der Waals surface area contributed by atoms with Gasteiger partial charge in [-0.3, -0.25) is 4.79 Å². The number of aromatic nitrogens is 3. The summed E-state index contributed by atoms with van der Waals surface area (Å²) in [6.07, 6.45) is 6.21. The van der Waals surface area contributed by atoms with Crippen molar-refractivity contribution in [1.29, 1.82) is 0 Å². The summed E-state index contributed by atoms with van der Waals surface area (Å²) in [5.41, 5.74) is 0.943. The SMILES string of the molecule is Cc1nnc(SCC(=O)N(c2ccccc2)C(C)C)n1C1CCCCC1. The fourth-order valence-electron chi connectivity index (χ4n) is 3.72. The predicted octanol–water partition coefficient (Wildman–Crippen LogP) is 4.63. The van der Waals surface area contributed by atoms with Crippen LogP contribution in [0.25, 0.3) is 0 Å². The molecule has 1 aromatic carbocycles. The monoisotopic (exact) mass is 372 g/mol. The molecular formula is C20H28N4OS. The van der Waals surface area contributed by atoms with Crippen LogP contribution in [0.15, 0.2) is 35.5 Å². The molecule has 0 aliphatic heterocycles. The van der Waals surface area contributed by atoms with Crippen molar-refractivity contribution in [2.45, 2.75) is 70.1 Å². The highest BCUT2D eigenvalue weighted by molar-refractivity contribution is 7.99. The minimum Gasteiger partial charge on any atom is -0.309 e. The lowest BCUT2D eigenvalue weighted by Crippen LogP contribution is -2.38. The summed E-state index contributed by atoms with van der Waals surface area (Å²) in [7, 11) is 0. The average Bonchev–Trinajstić information content (AvgIpc) is 3.02. The normalized spacial score (nSPS) is 15.4. The van der Waals surface area contributed by atoms with Crippen molar-refractivity contribution in [2.75, 3.05) is 10.7 Å². The van der Waals surface area contributed by atoms with E-state index in [2.05, 4.69) is 14.8 Å². The molecule has 0 radical (unpaired) electrons. The van der Waals surface area contributed by atoms with E-state index in [0.717, 1.165) is 16.7 Å². The summed E-state index contributed by atoms with van der Waals surface area (Å²) < 4.78 is 2.25. The number of para-hydroxylation sites is 1. The van der Waals surface area contributed by atoms with E-state index in [0.29, 0.717) is 11.8 Å². The molecule has 0 N–H and O–H groups in total. The molecule has 1 saturated carbocycles. The third-order valence-electron chi connectivity index (χ3n) is 4.92. The topological polar surface area (TPSA) is 51.0 Å². The van der Waals surface area contributed by atoms with Gasteiger partial charge in [-0.1, -0.05) is 49.2 Å². The first kappa shape index (κ1) is 19.0. The van der Waals surface area contributed by atoms with Crippen molar-refractivity contribution < 1.29 is 4.79 Å². The van der Waals surface area contributed by atoms with Crippen LogP contribution in [0.3, 0.4) is 0 Å². The van der Waals surface area contributed by atoms with E-state index >= 15 is 0 Å². The quantitative estimate of drug-likeness (QED) is 0.694. The molecule has 140 valence electrons. The minimum atomic E-state index is 0.104. The second-order valence-electron chi connectivity index (χ2n) is 7.17. The van der Waals surface area contributed by atoms with E-state index in [1.54, 1.807) is 0 Å². The number of aryl methyl sites for hydroxylation is 1. The number of thioether (sulfide) groups is 1. The molecule has 5 nitrogen and oxygen atoms in total. The number of carbonyl (C=O) groups excluding carboxylic acids is 1. The third kappa shape index (κ3) is 4.29. The Morgan fingerprint density at radius 2 is 1.88 bits per heavy atom. The summed E-state index contributed by atoms with van der Waals surface area (Å²) in [5, 5.41) is 9.49. The van der Waals surface area contributed by atoms with Gasteiger partial charge >= 0.3 is 0 Å². The Morgan fingerprint density at radius 1 is 1.19 bits per heavy atom. The van der Waals surface area contributed by atoms with E-state index in [-0.39, 0.29) is 11.9 Å². The zero-order valence-corrected chi connectivity index (χ0v) is 16.7. The number of rotatable bonds is 6. The molecule has 1 aromatic heterocycles. The number of benzene rings is 1. The third-order valence-corrected chi connectivity index (χ3v) is 5.85. The first-order valence-corrected chi connectivity index (χ1v) is 10.5. The highest BCUT2D eigenvalue weighted by Gasteiger charge is 2.24. The Bertz CT molecular complexity index is 723. The van der Waals surface area contributed by atoms with Crippen LogP contribution in [-0.2, 0) is 4.79 Å². The zero-order valence-electron chi connectivity index (χ0n) is 15.9. The standard InChI is InChI=1S/C20H28N4OS/c1-15(2)23(17-10-6-4-7-11-17)19(25)14-26-20-22-21-16(3)24(20)18-12-8-5-9-13-18/h4,6-7,10-11,15,18H,5,8-9,12-14H2,1-3H3. The van der Waals surface area contributed by atoms with Gasteiger partial charge in [0.25, 0.3) is 0 Å². The van der Waals surface area contributed by atoms with Gasteiger partial charge in [0.2, 0.25) is 5.91 Å². The summed E-state index contributed by atoms with van der Waals surface area (Å²) in [6, 6.07) is 10.5. The van der Waals surface area contributed by atoms with E-state index in [9.17, 15) is 4.79 Å². The largest absolute Gasteiger partial charge is 0.309 e. The average molecular weight is 373 g/mol. The van der Waals surface area contributed by atoms with Gasteiger partial charge < -0.3 is 9.47 Å². The van der Waals surface area contributed by atoms with E-state index in [1.807, 2.05) is 56.0 Å². The Kier molecular flexibility index (Phi) is 6.35. The second kappa shape index (κ2) is 8.71. The fourth-order valence-corrected chi connectivity index (χ4v) is 4.63. The van der Waals surface area contributed by atoms with Crippen molar-refractivity contribution in [1.82, 2.24) is 14.8 Å². The van der Waals surface area contributed by atoms with Crippen molar-refractivity contribution in [3.63, 3.8) is 0 Å². The second-order valence-corrected chi connectivity index (χ2v) is 8.12. The van der Waals surface area contributed by atoms with Crippen LogP contribution in [0, 0.1) is 6.92 Å². The van der Waals surface area contributed by atoms with Gasteiger partial charge in [-0.05, 0) is 45.7 Å². The van der Waals surface area contributed by atoms with E-state index < -0.39 is 0 Å². The lowest BCUT2D eigenvalue weighted by Gasteiger charge is -2.27. The summed E-state index contributed by atoms with van der Waals surface area (Å²) in [5.74, 6) is 1.43. The lowest BCUT2D eigenvalue weighted by molar-refractivity contribution is -0.116. The van der Waals surface area contributed by atoms with Gasteiger partial charge in [0.1, 0.15) is 5.82 Å². The minimum absolute atomic E-state index is 0.104. The molecule has 1 aliphatic carbocycles. The number of amides is 1. The summed E-state index contributed by atoms with van der Waals surface area (Å²) in [4.78, 5) is 14.8. The van der Waals surface area contributed by atoms with E-state index in [1.165, 1.54) is 43.9 Å². The highest BCUT2D eigenvalue weighted by Crippen LogP contribution is 2.32. The zero-order chi connectivity index (χ0) is 18.5. The Balaban J connectivity index is 1.71. The molecule has 1 aliphatic rings. The van der Waals surface area contributed by atoms with Crippen LogP contribution in [0.1, 0.15) is 57.8 Å². The molecule has 0 spiro atoms. The van der Waals surface area contributed by atoms with Crippen LogP contribution in [-0.4, -0.2) is 32.5 Å².